The maximum atomic E-state index is 12.6. The fraction of sp³-hybridized carbons (Fsp3) is 0.360. The van der Waals surface area contributed by atoms with Gasteiger partial charge >= 0.3 is 11.9 Å². The topological polar surface area (TPSA) is 90.4 Å². The van der Waals surface area contributed by atoms with Crippen LogP contribution in [0.5, 0.6) is 0 Å². The minimum atomic E-state index is -0.407. The number of rotatable bonds is 10. The fourth-order valence-electron chi connectivity index (χ4n) is 3.47. The third kappa shape index (κ3) is 6.77. The molecule has 1 aliphatic heterocycles. The average molecular weight is 436 g/mol. The molecule has 0 spiro atoms. The second-order valence-electron chi connectivity index (χ2n) is 7.71. The first-order valence-corrected chi connectivity index (χ1v) is 10.8. The fourth-order valence-corrected chi connectivity index (χ4v) is 3.47. The van der Waals surface area contributed by atoms with Crippen LogP contribution in [-0.4, -0.2) is 35.1 Å². The van der Waals surface area contributed by atoms with E-state index in [1.807, 2.05) is 50.5 Å². The van der Waals surface area contributed by atoms with Gasteiger partial charge in [-0.25, -0.2) is 9.59 Å². The summed E-state index contributed by atoms with van der Waals surface area (Å²) in [7, 11) is 0. The molecule has 0 saturated heterocycles. The molecule has 32 heavy (non-hydrogen) atoms. The number of carbonyl (C=O) groups excluding carboxylic acids is 2. The molecule has 2 aromatic heterocycles. The lowest BCUT2D eigenvalue weighted by Gasteiger charge is -2.22. The van der Waals surface area contributed by atoms with Crippen molar-refractivity contribution < 1.29 is 19.1 Å². The third-order valence-electron chi connectivity index (χ3n) is 5.26. The lowest BCUT2D eigenvalue weighted by molar-refractivity contribution is -0.139. The molecule has 0 amide bonds. The summed E-state index contributed by atoms with van der Waals surface area (Å²) >= 11 is 0. The second-order valence-corrected chi connectivity index (χ2v) is 7.71. The van der Waals surface area contributed by atoms with Crippen molar-refractivity contribution in [3.8, 4) is 0 Å². The van der Waals surface area contributed by atoms with Gasteiger partial charge in [0, 0.05) is 42.6 Å². The molecule has 0 unspecified atom stereocenters. The van der Waals surface area contributed by atoms with E-state index in [0.717, 1.165) is 24.0 Å². The van der Waals surface area contributed by atoms with E-state index in [1.54, 1.807) is 12.4 Å². The largest absolute Gasteiger partial charge is 0.462 e. The Bertz CT molecular complexity index is 905. The molecule has 1 aliphatic rings. The quantitative estimate of drug-likeness (QED) is 0.450. The average Bonchev–Trinajstić information content (AvgIpc) is 2.81. The van der Waals surface area contributed by atoms with Crippen molar-refractivity contribution in [2.45, 2.75) is 46.0 Å². The number of aromatic nitrogens is 2. The molecule has 0 aliphatic carbocycles. The van der Waals surface area contributed by atoms with Crippen LogP contribution < -0.4 is 5.32 Å². The Hall–Kier alpha value is -3.48. The number of dihydropyridines is 1. The minimum absolute atomic E-state index is 0.202. The summed E-state index contributed by atoms with van der Waals surface area (Å²) in [6, 6.07) is 7.76. The van der Waals surface area contributed by atoms with Crippen molar-refractivity contribution >= 4 is 11.9 Å². The number of hydrogen-bond donors (Lipinski definition) is 1. The zero-order valence-corrected chi connectivity index (χ0v) is 18.6. The maximum absolute atomic E-state index is 12.6. The number of aryl methyl sites for hydroxylation is 2. The van der Waals surface area contributed by atoms with Gasteiger partial charge in [-0.2, -0.15) is 0 Å². The Morgan fingerprint density at radius 2 is 1.31 bits per heavy atom. The van der Waals surface area contributed by atoms with Gasteiger partial charge in [-0.15, -0.1) is 0 Å². The first kappa shape index (κ1) is 23.2. The summed E-state index contributed by atoms with van der Waals surface area (Å²) in [5.74, 6) is -0.814. The summed E-state index contributed by atoms with van der Waals surface area (Å²) < 4.78 is 10.9. The Kier molecular flexibility index (Phi) is 8.54. The maximum Gasteiger partial charge on any atom is 0.336 e. The van der Waals surface area contributed by atoms with Crippen LogP contribution >= 0.6 is 0 Å². The van der Waals surface area contributed by atoms with Crippen molar-refractivity contribution in [1.82, 2.24) is 15.3 Å². The zero-order chi connectivity index (χ0) is 22.8. The van der Waals surface area contributed by atoms with Crippen molar-refractivity contribution in [1.29, 1.82) is 0 Å². The van der Waals surface area contributed by atoms with Crippen LogP contribution in [0.2, 0.25) is 0 Å². The van der Waals surface area contributed by atoms with E-state index in [-0.39, 0.29) is 6.42 Å². The number of esters is 2. The molecular formula is C25H29N3O4. The number of nitrogens with zero attached hydrogens (tertiary/aromatic N) is 2. The van der Waals surface area contributed by atoms with Crippen LogP contribution in [0.1, 0.15) is 44.2 Å². The van der Waals surface area contributed by atoms with Gasteiger partial charge in [0.05, 0.1) is 24.4 Å². The molecular weight excluding hydrogens is 406 g/mol. The molecule has 7 nitrogen and oxygen atoms in total. The van der Waals surface area contributed by atoms with Crippen LogP contribution in [0.4, 0.5) is 0 Å². The zero-order valence-electron chi connectivity index (χ0n) is 18.6. The standard InChI is InChI=1S/C25H29N3O4/c1-18-22(24(29)31-13-5-9-20-7-3-11-26-16-20)15-23(19(2)28-18)25(30)32-14-6-10-21-8-4-12-27-17-21/h3-4,7-8,11-12,16-17,28H,5-6,9-10,13-15H2,1-2H3. The highest BCUT2D eigenvalue weighted by atomic mass is 16.5. The molecule has 3 rings (SSSR count). The highest BCUT2D eigenvalue weighted by Gasteiger charge is 2.26. The number of allylic oxidation sites excluding steroid dienone is 2. The second kappa shape index (κ2) is 11.8. The summed E-state index contributed by atoms with van der Waals surface area (Å²) in [6.45, 7) is 4.24. The van der Waals surface area contributed by atoms with Crippen LogP contribution in [0.25, 0.3) is 0 Å². The summed E-state index contributed by atoms with van der Waals surface area (Å²) in [6.07, 6.45) is 10.3. The number of nitrogens with one attached hydrogen (secondary N) is 1. The monoisotopic (exact) mass is 435 g/mol. The Morgan fingerprint density at radius 3 is 1.72 bits per heavy atom. The molecule has 168 valence electrons. The van der Waals surface area contributed by atoms with Gasteiger partial charge in [-0.1, -0.05) is 12.1 Å². The Balaban J connectivity index is 1.44. The lowest BCUT2D eigenvalue weighted by Crippen LogP contribution is -2.27. The molecule has 1 N–H and O–H groups in total. The van der Waals surface area contributed by atoms with Gasteiger partial charge in [-0.3, -0.25) is 9.97 Å². The summed E-state index contributed by atoms with van der Waals surface area (Å²) in [5, 5.41) is 3.11. The van der Waals surface area contributed by atoms with Gasteiger partial charge < -0.3 is 14.8 Å². The molecule has 7 heteroatoms. The predicted octanol–water partition coefficient (Wildman–Crippen LogP) is 3.67. The minimum Gasteiger partial charge on any atom is -0.462 e. The third-order valence-corrected chi connectivity index (χ3v) is 5.26. The van der Waals surface area contributed by atoms with Crippen molar-refractivity contribution in [3.63, 3.8) is 0 Å². The van der Waals surface area contributed by atoms with Crippen molar-refractivity contribution in [3.05, 3.63) is 82.7 Å². The normalized spacial score (nSPS) is 13.6. The molecule has 0 fully saturated rings. The van der Waals surface area contributed by atoms with Crippen LogP contribution in [0.15, 0.2) is 71.6 Å². The molecule has 0 saturated carbocycles. The lowest BCUT2D eigenvalue weighted by atomic mass is 9.98. The highest BCUT2D eigenvalue weighted by molar-refractivity contribution is 5.96. The molecule has 0 atom stereocenters. The Morgan fingerprint density at radius 1 is 0.844 bits per heavy atom. The van der Waals surface area contributed by atoms with E-state index < -0.39 is 11.9 Å². The molecule has 0 aromatic carbocycles. The van der Waals surface area contributed by atoms with E-state index in [2.05, 4.69) is 15.3 Å². The molecule has 0 bridgehead atoms. The smallest absolute Gasteiger partial charge is 0.336 e. The first-order chi connectivity index (χ1) is 15.5. The number of pyridine rings is 2. The van der Waals surface area contributed by atoms with Crippen molar-refractivity contribution in [2.75, 3.05) is 13.2 Å². The van der Waals surface area contributed by atoms with E-state index >= 15 is 0 Å². The highest BCUT2D eigenvalue weighted by Crippen LogP contribution is 2.25. The van der Waals surface area contributed by atoms with Crippen LogP contribution in [0, 0.1) is 0 Å². The van der Waals surface area contributed by atoms with Crippen LogP contribution in [0.3, 0.4) is 0 Å². The number of hydrogen-bond acceptors (Lipinski definition) is 7. The first-order valence-electron chi connectivity index (χ1n) is 10.8. The van der Waals surface area contributed by atoms with E-state index in [1.165, 1.54) is 0 Å². The molecule has 0 radical (unpaired) electrons. The van der Waals surface area contributed by atoms with Crippen molar-refractivity contribution in [2.24, 2.45) is 0 Å². The van der Waals surface area contributed by atoms with Gasteiger partial charge in [0.15, 0.2) is 0 Å². The summed E-state index contributed by atoms with van der Waals surface area (Å²) in [4.78, 5) is 33.4. The van der Waals surface area contributed by atoms with E-state index in [4.69, 9.17) is 9.47 Å². The summed E-state index contributed by atoms with van der Waals surface area (Å²) in [5.41, 5.74) is 4.52. The Labute approximate surface area is 188 Å². The van der Waals surface area contributed by atoms with Gasteiger partial charge in [0.1, 0.15) is 0 Å². The number of carbonyl (C=O) groups is 2. The van der Waals surface area contributed by atoms with Crippen LogP contribution in [-0.2, 0) is 31.9 Å². The van der Waals surface area contributed by atoms with E-state index in [9.17, 15) is 9.59 Å². The van der Waals surface area contributed by atoms with Gasteiger partial charge in [0.25, 0.3) is 0 Å². The van der Waals surface area contributed by atoms with Gasteiger partial charge in [0.2, 0.25) is 0 Å². The molecule has 2 aromatic rings. The SMILES string of the molecule is CC1=C(C(=O)OCCCc2cccnc2)CC(C(=O)OCCCc2cccnc2)=C(C)N1. The van der Waals surface area contributed by atoms with Gasteiger partial charge in [-0.05, 0) is 62.8 Å². The predicted molar refractivity (Wildman–Crippen MR) is 120 cm³/mol. The molecule has 3 heterocycles. The van der Waals surface area contributed by atoms with E-state index in [0.29, 0.717) is 48.6 Å². The number of ether oxygens (including phenoxy) is 2.